The molecule has 211 valence electrons. The first-order chi connectivity index (χ1) is 18.1. The quantitative estimate of drug-likeness (QED) is 0.225. The van der Waals surface area contributed by atoms with Gasteiger partial charge in [-0.25, -0.2) is 0 Å². The summed E-state index contributed by atoms with van der Waals surface area (Å²) in [6.07, 6.45) is 17.3. The molecule has 0 spiro atoms. The van der Waals surface area contributed by atoms with E-state index in [4.69, 9.17) is 0 Å². The molecular weight excluding hydrogens is 647 g/mol. The predicted molar refractivity (Wildman–Crippen MR) is 176 cm³/mol. The van der Waals surface area contributed by atoms with Gasteiger partial charge in [0.15, 0.2) is 0 Å². The van der Waals surface area contributed by atoms with Gasteiger partial charge in [0.1, 0.15) is 0 Å². The van der Waals surface area contributed by atoms with E-state index in [2.05, 4.69) is 153 Å². The Hall–Kier alpha value is -2.25. The van der Waals surface area contributed by atoms with Crippen LogP contribution in [0, 0.1) is 5.41 Å². The molecule has 40 heavy (non-hydrogen) atoms. The number of hydrogen-bond acceptors (Lipinski definition) is 0. The second-order valence-electron chi connectivity index (χ2n) is 23.3. The van der Waals surface area contributed by atoms with Crippen LogP contribution in [0.4, 0.5) is 0 Å². The number of benzene rings is 3. The van der Waals surface area contributed by atoms with E-state index >= 15 is 0 Å². The van der Waals surface area contributed by atoms with Crippen LogP contribution in [0.15, 0.2) is 103 Å². The molecule has 0 aromatic heterocycles. The van der Waals surface area contributed by atoms with Crippen LogP contribution in [-0.2, 0) is 37.0 Å². The van der Waals surface area contributed by atoms with Gasteiger partial charge in [0.25, 0.3) is 0 Å². The number of rotatable bonds is 6. The summed E-state index contributed by atoms with van der Waals surface area (Å²) in [5.41, 5.74) is 9.28. The van der Waals surface area contributed by atoms with Gasteiger partial charge in [-0.05, 0) is 0 Å². The first-order valence-electron chi connectivity index (χ1n) is 15.7. The van der Waals surface area contributed by atoms with E-state index in [1.165, 1.54) is 28.7 Å². The van der Waals surface area contributed by atoms with Crippen molar-refractivity contribution in [1.82, 2.24) is 0 Å². The van der Waals surface area contributed by atoms with Gasteiger partial charge >= 0.3 is 233 Å². The van der Waals surface area contributed by atoms with Crippen LogP contribution in [0.3, 0.4) is 0 Å². The Morgan fingerprint density at radius 3 is 1.65 bits per heavy atom. The van der Waals surface area contributed by atoms with E-state index in [1.54, 1.807) is 11.1 Å². The fourth-order valence-electron chi connectivity index (χ4n) is 11.3. The Morgan fingerprint density at radius 2 is 1.15 bits per heavy atom. The monoisotopic (exact) mass is 699 g/mol. The third kappa shape index (κ3) is 3.06. The molecule has 1 unspecified atom stereocenters. The third-order valence-electron chi connectivity index (χ3n) is 15.0. The molecule has 3 aromatic carbocycles. The first kappa shape index (κ1) is 27.9. The molecule has 0 N–H and O–H groups in total. The average Bonchev–Trinajstić information content (AvgIpc) is 3.57. The van der Waals surface area contributed by atoms with Crippen LogP contribution < -0.4 is 0 Å². The first-order valence-corrected chi connectivity index (χ1v) is 42.6. The second kappa shape index (κ2) is 5.96. The standard InChI is InChI=1S/C15H17.2C7H7.C5H5.5CH3.Hf/c1-10-4-5-11-6-12-8-15(2,3)9-13(12)7-14(10)11;2*1-7-5-3-2-4-6-7;1-2-4-5-3-1;;;;;;/h4-7H,8-9H2,1-3H3;2*2-6H,1H2;1-5H;5*1H3;. The SMILES string of the molecule is CC1(C)Cc2cc3c(cc2C1)[C](C)([Hf]([CH3])([CH3])([CH3])([CH3])([CH3])([CH2]c1ccccc1)([CH2]c1ccccc1)[CH]1C=CC=C1)C=C3. The van der Waals surface area contributed by atoms with Crippen molar-refractivity contribution in [3.05, 3.63) is 137 Å². The van der Waals surface area contributed by atoms with Gasteiger partial charge < -0.3 is 0 Å². The zero-order chi connectivity index (χ0) is 28.9. The van der Waals surface area contributed by atoms with Crippen molar-refractivity contribution >= 4 is 6.08 Å². The van der Waals surface area contributed by atoms with Crippen molar-refractivity contribution in [2.75, 3.05) is 0 Å². The molecule has 0 heterocycles. The predicted octanol–water partition coefficient (Wildman–Crippen LogP) is 11.4. The summed E-state index contributed by atoms with van der Waals surface area (Å²) in [6.45, 7) is 7.50. The van der Waals surface area contributed by atoms with Gasteiger partial charge in [-0.2, -0.15) is 0 Å². The van der Waals surface area contributed by atoms with Crippen LogP contribution >= 0.6 is 0 Å². The van der Waals surface area contributed by atoms with Gasteiger partial charge in [0, 0.05) is 0 Å². The Labute approximate surface area is 231 Å². The number of hydrogen-bond donors (Lipinski definition) is 0. The summed E-state index contributed by atoms with van der Waals surface area (Å²) in [6, 6.07) is 28.0. The van der Waals surface area contributed by atoms with Gasteiger partial charge in [0.05, 0.1) is 0 Å². The summed E-state index contributed by atoms with van der Waals surface area (Å²) in [5, 5.41) is 0. The molecule has 1 heteroatoms. The molecule has 0 bridgehead atoms. The summed E-state index contributed by atoms with van der Waals surface area (Å²) in [7, 11) is 0. The molecule has 0 radical (unpaired) electrons. The number of allylic oxidation sites excluding steroid dienone is 5. The van der Waals surface area contributed by atoms with Crippen molar-refractivity contribution in [3.63, 3.8) is 0 Å². The van der Waals surface area contributed by atoms with E-state index in [-0.39, 0.29) is 6.85 Å². The maximum absolute atomic E-state index is 6.42. The molecule has 3 aliphatic carbocycles. The summed E-state index contributed by atoms with van der Waals surface area (Å²) < 4.78 is 16.3. The van der Waals surface area contributed by atoms with Crippen molar-refractivity contribution < 1.29 is 12.6 Å². The maximum atomic E-state index is 2.85. The molecule has 3 aromatic rings. The minimum atomic E-state index is -6.42. The van der Waals surface area contributed by atoms with E-state index in [1.807, 2.05) is 0 Å². The molecule has 0 saturated carbocycles. The molecular formula is C39H51Hf. The van der Waals surface area contributed by atoms with Crippen LogP contribution in [0.25, 0.3) is 6.08 Å². The normalized spacial score (nSPS) is 26.6. The van der Waals surface area contributed by atoms with Crippen molar-refractivity contribution in [2.24, 2.45) is 5.41 Å². The Morgan fingerprint density at radius 1 is 0.675 bits per heavy atom. The zero-order valence-electron chi connectivity index (χ0n) is 26.3. The minimum absolute atomic E-state index is 0.228. The van der Waals surface area contributed by atoms with Crippen molar-refractivity contribution in [1.29, 1.82) is 0 Å². The Bertz CT molecular complexity index is 1680. The van der Waals surface area contributed by atoms with Crippen LogP contribution in [0.2, 0.25) is 27.1 Å². The van der Waals surface area contributed by atoms with Gasteiger partial charge in [-0.1, -0.05) is 0 Å². The summed E-state index contributed by atoms with van der Waals surface area (Å²) >= 11 is -6.42. The molecule has 1 atom stereocenters. The summed E-state index contributed by atoms with van der Waals surface area (Å²) in [4.78, 5) is 0. The fraction of sp³-hybridized carbons (Fsp3) is 0.385. The topological polar surface area (TPSA) is 0 Å². The van der Waals surface area contributed by atoms with Crippen molar-refractivity contribution in [2.45, 2.75) is 72.2 Å². The molecule has 0 aliphatic heterocycles. The van der Waals surface area contributed by atoms with Crippen molar-refractivity contribution in [3.8, 4) is 0 Å². The molecule has 3 aliphatic rings. The van der Waals surface area contributed by atoms with Gasteiger partial charge in [-0.3, -0.25) is 0 Å². The average molecular weight is 698 g/mol. The van der Waals surface area contributed by atoms with Crippen LogP contribution in [-0.4, -0.2) is 0 Å². The van der Waals surface area contributed by atoms with Crippen LogP contribution in [0.1, 0.15) is 54.2 Å². The van der Waals surface area contributed by atoms with Crippen LogP contribution in [0.5, 0.6) is 0 Å². The van der Waals surface area contributed by atoms with E-state index < -0.39 is 12.6 Å². The molecule has 0 saturated heterocycles. The third-order valence-corrected chi connectivity index (χ3v) is 80.8. The zero-order valence-corrected chi connectivity index (χ0v) is 29.9. The molecule has 6 rings (SSSR count). The molecule has 0 amide bonds. The van der Waals surface area contributed by atoms with E-state index in [0.29, 0.717) is 5.41 Å². The number of fused-ring (bicyclic) bond motifs is 2. The molecule has 0 fully saturated rings. The van der Waals surface area contributed by atoms with Gasteiger partial charge in [0.2, 0.25) is 0 Å². The van der Waals surface area contributed by atoms with E-state index in [0.717, 1.165) is 14.8 Å². The Balaban J connectivity index is 1.83. The Kier molecular flexibility index (Phi) is 4.16. The molecule has 0 nitrogen and oxygen atoms in total. The van der Waals surface area contributed by atoms with E-state index in [9.17, 15) is 0 Å². The van der Waals surface area contributed by atoms with Gasteiger partial charge in [-0.15, -0.1) is 0 Å². The second-order valence-corrected chi connectivity index (χ2v) is 121. The summed E-state index contributed by atoms with van der Waals surface area (Å²) in [5.74, 6) is 0. The fourth-order valence-corrected chi connectivity index (χ4v) is 62.6.